The Morgan fingerprint density at radius 2 is 2.21 bits per heavy atom. The molecule has 2 aromatic rings. The van der Waals surface area contributed by atoms with Crippen LogP contribution in [0, 0.1) is 6.92 Å². The second-order valence-electron chi connectivity index (χ2n) is 8.10. The van der Waals surface area contributed by atoms with E-state index < -0.39 is 0 Å². The van der Waals surface area contributed by atoms with E-state index in [1.165, 1.54) is 12.8 Å². The fourth-order valence-electron chi connectivity index (χ4n) is 4.11. The van der Waals surface area contributed by atoms with E-state index in [1.807, 2.05) is 19.2 Å². The summed E-state index contributed by atoms with van der Waals surface area (Å²) in [6, 6.07) is 2.01. The van der Waals surface area contributed by atoms with Crippen LogP contribution in [-0.4, -0.2) is 41.6 Å². The summed E-state index contributed by atoms with van der Waals surface area (Å²) in [5.74, 6) is 2.90. The van der Waals surface area contributed by atoms with E-state index in [-0.39, 0.29) is 11.9 Å². The number of nitrogens with zero attached hydrogens (tertiary/aromatic N) is 3. The highest BCUT2D eigenvalue weighted by Gasteiger charge is 2.30. The summed E-state index contributed by atoms with van der Waals surface area (Å²) in [6.07, 6.45) is 7.02. The van der Waals surface area contributed by atoms with E-state index >= 15 is 0 Å². The van der Waals surface area contributed by atoms with Gasteiger partial charge in [0, 0.05) is 43.2 Å². The lowest BCUT2D eigenvalue weighted by Crippen LogP contribution is -2.48. The van der Waals surface area contributed by atoms with Gasteiger partial charge in [-0.3, -0.25) is 4.79 Å². The van der Waals surface area contributed by atoms with Gasteiger partial charge in [0.25, 0.3) is 5.91 Å². The molecule has 2 aliphatic heterocycles. The van der Waals surface area contributed by atoms with Gasteiger partial charge in [-0.05, 0) is 38.7 Å². The largest absolute Gasteiger partial charge is 0.465 e. The van der Waals surface area contributed by atoms with Gasteiger partial charge in [0.15, 0.2) is 0 Å². The number of fused-ring (bicyclic) bond motifs is 1. The van der Waals surface area contributed by atoms with Gasteiger partial charge in [0.2, 0.25) is 5.95 Å². The zero-order valence-electron chi connectivity index (χ0n) is 16.2. The van der Waals surface area contributed by atoms with Crippen LogP contribution in [0.3, 0.4) is 0 Å². The first-order valence-corrected chi connectivity index (χ1v) is 10.3. The summed E-state index contributed by atoms with van der Waals surface area (Å²) in [5.41, 5.74) is 2.84. The van der Waals surface area contributed by atoms with Crippen molar-refractivity contribution < 1.29 is 13.9 Å². The van der Waals surface area contributed by atoms with Crippen molar-refractivity contribution in [1.82, 2.24) is 15.3 Å². The van der Waals surface area contributed by atoms with Gasteiger partial charge >= 0.3 is 0 Å². The van der Waals surface area contributed by atoms with Gasteiger partial charge in [-0.25, -0.2) is 9.97 Å². The number of aromatic nitrogens is 2. The summed E-state index contributed by atoms with van der Waals surface area (Å²) in [4.78, 5) is 24.3. The number of nitrogens with one attached hydrogen (secondary N) is 1. The minimum atomic E-state index is -0.0384. The fraction of sp³-hybridized carbons (Fsp3) is 0.571. The van der Waals surface area contributed by atoms with Crippen LogP contribution in [0.2, 0.25) is 0 Å². The lowest BCUT2D eigenvalue weighted by Gasteiger charge is -2.33. The average molecular weight is 382 g/mol. The van der Waals surface area contributed by atoms with Gasteiger partial charge in [-0.1, -0.05) is 0 Å². The number of anilines is 1. The number of carbonyl (C=O) groups is 1. The molecule has 1 saturated carbocycles. The first-order valence-electron chi connectivity index (χ1n) is 10.3. The normalized spacial score (nSPS) is 22.0. The number of piperidine rings is 1. The smallest absolute Gasteiger partial charge is 0.255 e. The highest BCUT2D eigenvalue weighted by Crippen LogP contribution is 2.41. The van der Waals surface area contributed by atoms with Crippen molar-refractivity contribution in [2.24, 2.45) is 0 Å². The highest BCUT2D eigenvalue weighted by molar-refractivity contribution is 5.95. The van der Waals surface area contributed by atoms with Crippen molar-refractivity contribution in [3.8, 4) is 0 Å². The van der Waals surface area contributed by atoms with Crippen LogP contribution in [0.25, 0.3) is 0 Å². The number of carbonyl (C=O) groups excluding carboxylic acids is 1. The number of ether oxygens (including phenoxy) is 1. The van der Waals surface area contributed by atoms with Gasteiger partial charge in [-0.15, -0.1) is 0 Å². The molecular weight excluding hydrogens is 356 g/mol. The predicted molar refractivity (Wildman–Crippen MR) is 104 cm³/mol. The number of hydrogen-bond donors (Lipinski definition) is 1. The van der Waals surface area contributed by atoms with Crippen molar-refractivity contribution in [2.45, 2.75) is 57.6 Å². The Morgan fingerprint density at radius 3 is 3.07 bits per heavy atom. The van der Waals surface area contributed by atoms with Crippen LogP contribution in [0.1, 0.15) is 64.7 Å². The molecule has 28 heavy (non-hydrogen) atoms. The molecule has 3 aliphatic rings. The third-order valence-electron chi connectivity index (χ3n) is 5.88. The van der Waals surface area contributed by atoms with Crippen LogP contribution in [0.15, 0.2) is 16.7 Å². The molecule has 0 radical (unpaired) electrons. The third kappa shape index (κ3) is 3.51. The SMILES string of the molecule is Cc1oc(C2CC2)cc1C(=O)NC1CCCN(c2ncc3c(n2)CCOC3)C1. The Bertz CT molecular complexity index is 890. The van der Waals surface area contributed by atoms with Gasteiger partial charge < -0.3 is 19.4 Å². The molecule has 1 N–H and O–H groups in total. The number of rotatable bonds is 4. The Morgan fingerprint density at radius 1 is 1.32 bits per heavy atom. The van der Waals surface area contributed by atoms with Crippen LogP contribution >= 0.6 is 0 Å². The summed E-state index contributed by atoms with van der Waals surface area (Å²) in [6.45, 7) is 4.83. The molecule has 5 rings (SSSR count). The molecule has 2 aromatic heterocycles. The van der Waals surface area contributed by atoms with E-state index in [2.05, 4.69) is 15.2 Å². The highest BCUT2D eigenvalue weighted by atomic mass is 16.5. The Labute approximate surface area is 164 Å². The lowest BCUT2D eigenvalue weighted by molar-refractivity contribution is 0.0931. The Balaban J connectivity index is 1.26. The van der Waals surface area contributed by atoms with Gasteiger partial charge in [0.05, 0.1) is 24.5 Å². The summed E-state index contributed by atoms with van der Waals surface area (Å²) >= 11 is 0. The van der Waals surface area contributed by atoms with E-state index in [4.69, 9.17) is 14.1 Å². The molecule has 0 spiro atoms. The van der Waals surface area contributed by atoms with Crippen LogP contribution in [-0.2, 0) is 17.8 Å². The number of furan rings is 1. The van der Waals surface area contributed by atoms with E-state index in [1.54, 1.807) is 0 Å². The number of aryl methyl sites for hydroxylation is 1. The first-order chi connectivity index (χ1) is 13.7. The molecule has 148 valence electrons. The monoisotopic (exact) mass is 382 g/mol. The van der Waals surface area contributed by atoms with E-state index in [0.29, 0.717) is 23.8 Å². The minimum absolute atomic E-state index is 0.0384. The maximum atomic E-state index is 12.8. The first kappa shape index (κ1) is 17.7. The Kier molecular flexibility index (Phi) is 4.55. The van der Waals surface area contributed by atoms with Gasteiger partial charge in [-0.2, -0.15) is 0 Å². The molecule has 1 aliphatic carbocycles. The molecule has 7 nitrogen and oxygen atoms in total. The molecule has 7 heteroatoms. The number of amides is 1. The average Bonchev–Trinajstić information content (AvgIpc) is 3.49. The van der Waals surface area contributed by atoms with Crippen LogP contribution < -0.4 is 10.2 Å². The maximum absolute atomic E-state index is 12.8. The Hall–Kier alpha value is -2.41. The molecule has 1 unspecified atom stereocenters. The van der Waals surface area contributed by atoms with Crippen molar-refractivity contribution in [1.29, 1.82) is 0 Å². The molecule has 0 bridgehead atoms. The maximum Gasteiger partial charge on any atom is 0.255 e. The lowest BCUT2D eigenvalue weighted by atomic mass is 10.1. The summed E-state index contributed by atoms with van der Waals surface area (Å²) in [7, 11) is 0. The van der Waals surface area contributed by atoms with Crippen molar-refractivity contribution in [2.75, 3.05) is 24.6 Å². The van der Waals surface area contributed by atoms with E-state index in [0.717, 1.165) is 61.9 Å². The van der Waals surface area contributed by atoms with Gasteiger partial charge in [0.1, 0.15) is 11.5 Å². The quantitative estimate of drug-likeness (QED) is 0.876. The van der Waals surface area contributed by atoms with E-state index in [9.17, 15) is 4.79 Å². The summed E-state index contributed by atoms with van der Waals surface area (Å²) in [5, 5.41) is 3.19. The van der Waals surface area contributed by atoms with Crippen molar-refractivity contribution >= 4 is 11.9 Å². The molecule has 0 aromatic carbocycles. The third-order valence-corrected chi connectivity index (χ3v) is 5.88. The second-order valence-corrected chi connectivity index (χ2v) is 8.10. The molecule has 2 fully saturated rings. The molecule has 4 heterocycles. The molecule has 1 saturated heterocycles. The fourth-order valence-corrected chi connectivity index (χ4v) is 4.11. The second kappa shape index (κ2) is 7.20. The van der Waals surface area contributed by atoms with Crippen LogP contribution in [0.5, 0.6) is 0 Å². The number of hydrogen-bond acceptors (Lipinski definition) is 6. The minimum Gasteiger partial charge on any atom is -0.465 e. The van der Waals surface area contributed by atoms with Crippen molar-refractivity contribution in [3.63, 3.8) is 0 Å². The molecule has 1 atom stereocenters. The molecule has 1 amide bonds. The predicted octanol–water partition coefficient (Wildman–Crippen LogP) is 2.73. The topological polar surface area (TPSA) is 80.5 Å². The van der Waals surface area contributed by atoms with Crippen LogP contribution in [0.4, 0.5) is 5.95 Å². The molecular formula is C21H26N4O3. The standard InChI is InChI=1S/C21H26N4O3/c1-13-17(9-19(28-13)14-4-5-14)20(26)23-16-3-2-7-25(11-16)21-22-10-15-12-27-8-6-18(15)24-21/h9-10,14,16H,2-8,11-12H2,1H3,(H,23,26). The zero-order valence-corrected chi connectivity index (χ0v) is 16.2. The summed E-state index contributed by atoms with van der Waals surface area (Å²) < 4.78 is 11.3. The van der Waals surface area contributed by atoms with Crippen molar-refractivity contribution in [3.05, 3.63) is 40.6 Å². The zero-order chi connectivity index (χ0) is 19.1.